The van der Waals surface area contributed by atoms with E-state index in [0.717, 1.165) is 25.9 Å². The van der Waals surface area contributed by atoms with Crippen molar-refractivity contribution in [3.63, 3.8) is 0 Å². The third-order valence-corrected chi connectivity index (χ3v) is 2.88. The van der Waals surface area contributed by atoms with Crippen molar-refractivity contribution in [3.8, 4) is 0 Å². The van der Waals surface area contributed by atoms with Gasteiger partial charge >= 0.3 is 0 Å². The Hall–Kier alpha value is -0.860. The fourth-order valence-electron chi connectivity index (χ4n) is 2.18. The maximum absolute atomic E-state index is 9.87. The minimum Gasteiger partial charge on any atom is -0.389 e. The third-order valence-electron chi connectivity index (χ3n) is 2.88. The highest BCUT2D eigenvalue weighted by molar-refractivity contribution is 5.14. The molecule has 1 aliphatic heterocycles. The summed E-state index contributed by atoms with van der Waals surface area (Å²) >= 11 is 0. The van der Waals surface area contributed by atoms with Crippen molar-refractivity contribution in [2.24, 2.45) is 0 Å². The second kappa shape index (κ2) is 4.33. The molecule has 2 heteroatoms. The first-order chi connectivity index (χ1) is 7.16. The van der Waals surface area contributed by atoms with Gasteiger partial charge in [-0.2, -0.15) is 0 Å². The zero-order valence-corrected chi connectivity index (χ0v) is 9.02. The van der Waals surface area contributed by atoms with Crippen molar-refractivity contribution in [2.45, 2.75) is 25.0 Å². The van der Waals surface area contributed by atoms with E-state index in [1.165, 1.54) is 5.56 Å². The Labute approximate surface area is 91.5 Å². The van der Waals surface area contributed by atoms with Crippen LogP contribution in [0.4, 0.5) is 0 Å². The molecule has 1 unspecified atom stereocenters. The van der Waals surface area contributed by atoms with E-state index in [9.17, 15) is 5.11 Å². The van der Waals surface area contributed by atoms with E-state index < -0.39 is 5.60 Å². The van der Waals surface area contributed by atoms with E-state index in [1.807, 2.05) is 6.07 Å². The Kier molecular flexibility index (Phi) is 3.08. The predicted octanol–water partition coefficient (Wildman–Crippen LogP) is 1.85. The summed E-state index contributed by atoms with van der Waals surface area (Å²) in [6.45, 7) is 6.50. The summed E-state index contributed by atoms with van der Waals surface area (Å²) in [6, 6.07) is 10.4. The highest BCUT2D eigenvalue weighted by atomic mass is 16.3. The minimum absolute atomic E-state index is 0.682. The average Bonchev–Trinajstić information content (AvgIpc) is 2.17. The number of likely N-dealkylation sites (tertiary alicyclic amines) is 1. The van der Waals surface area contributed by atoms with Crippen molar-refractivity contribution in [3.05, 3.63) is 42.8 Å². The van der Waals surface area contributed by atoms with Crippen LogP contribution in [0.2, 0.25) is 0 Å². The van der Waals surface area contributed by atoms with Gasteiger partial charge in [-0.15, -0.1) is 0 Å². The van der Waals surface area contributed by atoms with Crippen LogP contribution in [0.5, 0.6) is 0 Å². The Bertz CT molecular complexity index is 308. The highest BCUT2D eigenvalue weighted by Gasteiger charge is 2.28. The number of nitrogens with zero attached hydrogens (tertiary/aromatic N) is 1. The van der Waals surface area contributed by atoms with Gasteiger partial charge in [-0.3, -0.25) is 4.90 Å². The lowest BCUT2D eigenvalue weighted by Gasteiger charge is -2.36. The van der Waals surface area contributed by atoms with Crippen molar-refractivity contribution in [2.75, 3.05) is 13.1 Å². The summed E-state index contributed by atoms with van der Waals surface area (Å²) in [7, 11) is 0. The fourth-order valence-corrected chi connectivity index (χ4v) is 2.18. The van der Waals surface area contributed by atoms with Crippen LogP contribution in [0.25, 0.3) is 0 Å². The van der Waals surface area contributed by atoms with Gasteiger partial charge < -0.3 is 5.11 Å². The van der Waals surface area contributed by atoms with Crippen LogP contribution in [0.1, 0.15) is 18.4 Å². The second-order valence-electron chi connectivity index (χ2n) is 4.52. The van der Waals surface area contributed by atoms with Gasteiger partial charge in [-0.25, -0.2) is 0 Å². The van der Waals surface area contributed by atoms with E-state index in [1.54, 1.807) is 0 Å². The van der Waals surface area contributed by atoms with E-state index >= 15 is 0 Å². The zero-order valence-electron chi connectivity index (χ0n) is 9.02. The van der Waals surface area contributed by atoms with E-state index in [0.29, 0.717) is 6.54 Å². The number of β-amino-alcohol motifs (C(OH)–C–C–N with tert-alkyl or cyclic N) is 1. The molecule has 81 valence electrons. The van der Waals surface area contributed by atoms with Crippen molar-refractivity contribution >= 4 is 0 Å². The molecule has 0 aromatic heterocycles. The van der Waals surface area contributed by atoms with Crippen LogP contribution in [0.3, 0.4) is 0 Å². The first kappa shape index (κ1) is 10.7. The van der Waals surface area contributed by atoms with Crippen LogP contribution in [0.15, 0.2) is 30.3 Å². The smallest absolute Gasteiger partial charge is 0.0775 e. The number of hydrogen-bond acceptors (Lipinski definition) is 2. The lowest BCUT2D eigenvalue weighted by molar-refractivity contribution is 0.00292. The molecule has 0 amide bonds. The van der Waals surface area contributed by atoms with Crippen LogP contribution in [-0.2, 0) is 6.54 Å². The molecule has 1 fully saturated rings. The molecule has 0 aliphatic carbocycles. The van der Waals surface area contributed by atoms with E-state index in [-0.39, 0.29) is 0 Å². The quantitative estimate of drug-likeness (QED) is 0.794. The molecule has 0 saturated carbocycles. The van der Waals surface area contributed by atoms with Gasteiger partial charge in [0.05, 0.1) is 5.60 Å². The van der Waals surface area contributed by atoms with Gasteiger partial charge in [0.15, 0.2) is 0 Å². The lowest BCUT2D eigenvalue weighted by atomic mass is 9.95. The molecule has 1 heterocycles. The molecule has 1 radical (unpaired) electrons. The van der Waals surface area contributed by atoms with Gasteiger partial charge in [-0.05, 0) is 31.9 Å². The summed E-state index contributed by atoms with van der Waals surface area (Å²) in [6.07, 6.45) is 1.85. The van der Waals surface area contributed by atoms with Crippen LogP contribution in [0, 0.1) is 6.92 Å². The van der Waals surface area contributed by atoms with Crippen molar-refractivity contribution in [1.82, 2.24) is 4.90 Å². The molecular formula is C13H18NO. The molecule has 1 saturated heterocycles. The maximum atomic E-state index is 9.87. The lowest BCUT2D eigenvalue weighted by Crippen LogP contribution is -2.45. The Morgan fingerprint density at radius 3 is 2.73 bits per heavy atom. The number of benzene rings is 1. The minimum atomic E-state index is -0.743. The highest BCUT2D eigenvalue weighted by Crippen LogP contribution is 2.21. The molecule has 1 aliphatic rings. The number of rotatable bonds is 2. The summed E-state index contributed by atoms with van der Waals surface area (Å²) in [5.74, 6) is 0. The molecule has 15 heavy (non-hydrogen) atoms. The van der Waals surface area contributed by atoms with Crippen molar-refractivity contribution < 1.29 is 5.11 Å². The maximum Gasteiger partial charge on any atom is 0.0775 e. The monoisotopic (exact) mass is 204 g/mol. The molecule has 2 rings (SSSR count). The van der Waals surface area contributed by atoms with Gasteiger partial charge in [0.1, 0.15) is 0 Å². The predicted molar refractivity (Wildman–Crippen MR) is 61.3 cm³/mol. The fraction of sp³-hybridized carbons (Fsp3) is 0.462. The SMILES string of the molecule is [CH2]C1(O)CCCN(Cc2ccccc2)C1. The van der Waals surface area contributed by atoms with Gasteiger partial charge in [0.2, 0.25) is 0 Å². The van der Waals surface area contributed by atoms with E-state index in [2.05, 4.69) is 36.1 Å². The Balaban J connectivity index is 1.95. The Morgan fingerprint density at radius 2 is 2.07 bits per heavy atom. The third kappa shape index (κ3) is 3.05. The number of hydrogen-bond donors (Lipinski definition) is 1. The Morgan fingerprint density at radius 1 is 1.33 bits per heavy atom. The number of piperidine rings is 1. The zero-order chi connectivity index (χ0) is 10.7. The van der Waals surface area contributed by atoms with Crippen molar-refractivity contribution in [1.29, 1.82) is 0 Å². The molecule has 0 bridgehead atoms. The molecule has 0 spiro atoms. The molecule has 1 aromatic carbocycles. The van der Waals surface area contributed by atoms with Crippen LogP contribution >= 0.6 is 0 Å². The number of aliphatic hydroxyl groups is 1. The van der Waals surface area contributed by atoms with Crippen LogP contribution < -0.4 is 0 Å². The van der Waals surface area contributed by atoms with Gasteiger partial charge in [-0.1, -0.05) is 30.3 Å². The normalized spacial score (nSPS) is 27.9. The molecule has 1 aromatic rings. The molecule has 1 atom stereocenters. The topological polar surface area (TPSA) is 23.5 Å². The largest absolute Gasteiger partial charge is 0.389 e. The van der Waals surface area contributed by atoms with Gasteiger partial charge in [0, 0.05) is 13.1 Å². The second-order valence-corrected chi connectivity index (χ2v) is 4.52. The average molecular weight is 204 g/mol. The summed E-state index contributed by atoms with van der Waals surface area (Å²) in [5, 5.41) is 9.87. The first-order valence-electron chi connectivity index (χ1n) is 5.50. The molecule has 2 nitrogen and oxygen atoms in total. The van der Waals surface area contributed by atoms with Crippen LogP contribution in [-0.4, -0.2) is 28.7 Å². The molecule has 1 N–H and O–H groups in total. The van der Waals surface area contributed by atoms with Gasteiger partial charge in [0.25, 0.3) is 0 Å². The summed E-state index contributed by atoms with van der Waals surface area (Å²) in [4.78, 5) is 2.27. The summed E-state index contributed by atoms with van der Waals surface area (Å²) in [5.41, 5.74) is 0.558. The standard InChI is InChI=1S/C13H18NO/c1-13(15)8-5-9-14(11-13)10-12-6-3-2-4-7-12/h2-4,6-7,15H,1,5,8-11H2. The first-order valence-corrected chi connectivity index (χ1v) is 5.50. The summed E-state index contributed by atoms with van der Waals surface area (Å²) < 4.78 is 0. The molecular weight excluding hydrogens is 186 g/mol. The van der Waals surface area contributed by atoms with E-state index in [4.69, 9.17) is 0 Å².